The fourth-order valence-electron chi connectivity index (χ4n) is 0.770. The minimum absolute atomic E-state index is 0.495. The van der Waals surface area contributed by atoms with Gasteiger partial charge in [-0.2, -0.15) is 19.1 Å². The number of hydrogen-bond donors (Lipinski definition) is 1. The minimum Gasteiger partial charge on any atom is -0.408 e. The standard InChI is InChI=1S/C7H5F4NO/c8-5-2-1-4(7(9,10)11)3-6(5)13-12/h1-3H,12H2. The average molecular weight is 195 g/mol. The van der Waals surface area contributed by atoms with Crippen LogP contribution in [0.25, 0.3) is 0 Å². The van der Waals surface area contributed by atoms with Crippen LogP contribution < -0.4 is 10.7 Å². The van der Waals surface area contributed by atoms with Crippen molar-refractivity contribution in [1.82, 2.24) is 0 Å². The van der Waals surface area contributed by atoms with Gasteiger partial charge in [0.05, 0.1) is 5.56 Å². The van der Waals surface area contributed by atoms with Crippen molar-refractivity contribution in [2.75, 3.05) is 0 Å². The largest absolute Gasteiger partial charge is 0.416 e. The summed E-state index contributed by atoms with van der Waals surface area (Å²) >= 11 is 0. The van der Waals surface area contributed by atoms with E-state index in [-0.39, 0.29) is 0 Å². The van der Waals surface area contributed by atoms with E-state index < -0.39 is 23.3 Å². The highest BCUT2D eigenvalue weighted by Gasteiger charge is 2.31. The summed E-state index contributed by atoms with van der Waals surface area (Å²) in [6.45, 7) is 0. The first kappa shape index (κ1) is 9.79. The van der Waals surface area contributed by atoms with Gasteiger partial charge in [-0.25, -0.2) is 4.39 Å². The molecule has 0 saturated heterocycles. The first-order valence-electron chi connectivity index (χ1n) is 3.18. The highest BCUT2D eigenvalue weighted by atomic mass is 19.4. The van der Waals surface area contributed by atoms with Crippen LogP contribution in [0.2, 0.25) is 0 Å². The molecule has 6 heteroatoms. The molecule has 1 aromatic rings. The van der Waals surface area contributed by atoms with Crippen LogP contribution >= 0.6 is 0 Å². The van der Waals surface area contributed by atoms with Crippen LogP contribution in [0.3, 0.4) is 0 Å². The zero-order valence-electron chi connectivity index (χ0n) is 6.23. The minimum atomic E-state index is -4.53. The number of nitrogens with two attached hydrogens (primary N) is 1. The van der Waals surface area contributed by atoms with Gasteiger partial charge in [0.15, 0.2) is 11.6 Å². The van der Waals surface area contributed by atoms with Crippen LogP contribution in [-0.2, 0) is 6.18 Å². The van der Waals surface area contributed by atoms with E-state index in [1.165, 1.54) is 0 Å². The predicted molar refractivity (Wildman–Crippen MR) is 36.2 cm³/mol. The fraction of sp³-hybridized carbons (Fsp3) is 0.143. The Morgan fingerprint density at radius 2 is 1.85 bits per heavy atom. The van der Waals surface area contributed by atoms with Gasteiger partial charge in [0.25, 0.3) is 0 Å². The first-order valence-corrected chi connectivity index (χ1v) is 3.18. The summed E-state index contributed by atoms with van der Waals surface area (Å²) in [5, 5.41) is 0. The van der Waals surface area contributed by atoms with Crippen molar-refractivity contribution >= 4 is 0 Å². The van der Waals surface area contributed by atoms with Gasteiger partial charge in [0.1, 0.15) is 0 Å². The monoisotopic (exact) mass is 195 g/mol. The maximum atomic E-state index is 12.6. The van der Waals surface area contributed by atoms with Crippen molar-refractivity contribution in [3.05, 3.63) is 29.6 Å². The van der Waals surface area contributed by atoms with Gasteiger partial charge in [-0.1, -0.05) is 0 Å². The summed E-state index contributed by atoms with van der Waals surface area (Å²) in [6, 6.07) is 1.75. The molecule has 0 heterocycles. The number of alkyl halides is 3. The molecule has 2 nitrogen and oxygen atoms in total. The second kappa shape index (κ2) is 3.21. The van der Waals surface area contributed by atoms with Crippen LogP contribution in [0.15, 0.2) is 18.2 Å². The molecule has 0 bridgehead atoms. The summed E-state index contributed by atoms with van der Waals surface area (Å²) in [7, 11) is 0. The lowest BCUT2D eigenvalue weighted by Gasteiger charge is -2.07. The van der Waals surface area contributed by atoms with Gasteiger partial charge in [0, 0.05) is 0 Å². The van der Waals surface area contributed by atoms with Crippen LogP contribution in [0.4, 0.5) is 17.6 Å². The SMILES string of the molecule is NOc1cc(C(F)(F)F)ccc1F. The zero-order valence-corrected chi connectivity index (χ0v) is 6.23. The normalized spacial score (nSPS) is 11.5. The second-order valence-corrected chi connectivity index (χ2v) is 2.26. The lowest BCUT2D eigenvalue weighted by molar-refractivity contribution is -0.137. The number of hydrogen-bond acceptors (Lipinski definition) is 2. The van der Waals surface area contributed by atoms with E-state index in [1.54, 1.807) is 0 Å². The van der Waals surface area contributed by atoms with Crippen LogP contribution in [0.5, 0.6) is 5.75 Å². The summed E-state index contributed by atoms with van der Waals surface area (Å²) in [5.41, 5.74) is -1.01. The van der Waals surface area contributed by atoms with Crippen molar-refractivity contribution in [1.29, 1.82) is 0 Å². The molecule has 0 aliphatic heterocycles. The second-order valence-electron chi connectivity index (χ2n) is 2.26. The van der Waals surface area contributed by atoms with E-state index >= 15 is 0 Å². The average Bonchev–Trinajstić information content (AvgIpc) is 2.03. The Hall–Kier alpha value is -1.30. The Labute approximate surface area is 70.9 Å². The van der Waals surface area contributed by atoms with E-state index in [0.717, 1.165) is 0 Å². The highest BCUT2D eigenvalue weighted by Crippen LogP contribution is 2.32. The summed E-state index contributed by atoms with van der Waals surface area (Å²) in [5.74, 6) is 2.99. The molecule has 72 valence electrons. The van der Waals surface area contributed by atoms with Gasteiger partial charge in [-0.05, 0) is 18.2 Å². The Bertz CT molecular complexity index is 310. The molecule has 0 aromatic heterocycles. The Kier molecular flexibility index (Phi) is 2.42. The van der Waals surface area contributed by atoms with Gasteiger partial charge in [-0.15, -0.1) is 0 Å². The molecule has 1 rings (SSSR count). The predicted octanol–water partition coefficient (Wildman–Crippen LogP) is 2.10. The molecule has 0 amide bonds. The third-order valence-corrected chi connectivity index (χ3v) is 1.39. The first-order chi connectivity index (χ1) is 5.95. The third-order valence-electron chi connectivity index (χ3n) is 1.39. The number of rotatable bonds is 1. The van der Waals surface area contributed by atoms with Crippen molar-refractivity contribution < 1.29 is 22.4 Å². The lowest BCUT2D eigenvalue weighted by Crippen LogP contribution is -2.08. The van der Waals surface area contributed by atoms with Crippen LogP contribution in [-0.4, -0.2) is 0 Å². The van der Waals surface area contributed by atoms with E-state index in [1.807, 2.05) is 0 Å². The summed E-state index contributed by atoms with van der Waals surface area (Å²) in [6.07, 6.45) is -4.53. The molecule has 0 aliphatic rings. The summed E-state index contributed by atoms with van der Waals surface area (Å²) < 4.78 is 48.6. The Balaban J connectivity index is 3.14. The maximum Gasteiger partial charge on any atom is 0.416 e. The maximum absolute atomic E-state index is 12.6. The van der Waals surface area contributed by atoms with Crippen LogP contribution in [0.1, 0.15) is 5.56 Å². The molecule has 0 unspecified atom stereocenters. The number of benzene rings is 1. The van der Waals surface area contributed by atoms with Crippen molar-refractivity contribution in [2.45, 2.75) is 6.18 Å². The Morgan fingerprint density at radius 3 is 2.31 bits per heavy atom. The van der Waals surface area contributed by atoms with Gasteiger partial charge < -0.3 is 4.84 Å². The quantitative estimate of drug-likeness (QED) is 0.550. The molecule has 0 radical (unpaired) electrons. The van der Waals surface area contributed by atoms with E-state index in [9.17, 15) is 17.6 Å². The van der Waals surface area contributed by atoms with Gasteiger partial charge in [-0.3, -0.25) is 0 Å². The van der Waals surface area contributed by atoms with E-state index in [2.05, 4.69) is 10.7 Å². The molecule has 2 N–H and O–H groups in total. The lowest BCUT2D eigenvalue weighted by atomic mass is 10.2. The van der Waals surface area contributed by atoms with Crippen molar-refractivity contribution in [3.8, 4) is 5.75 Å². The molecule has 1 aromatic carbocycles. The molecular formula is C7H5F4NO. The van der Waals surface area contributed by atoms with Crippen molar-refractivity contribution in [3.63, 3.8) is 0 Å². The topological polar surface area (TPSA) is 35.2 Å². The number of halogens is 4. The molecular weight excluding hydrogens is 190 g/mol. The summed E-state index contributed by atoms with van der Waals surface area (Å²) in [4.78, 5) is 3.91. The van der Waals surface area contributed by atoms with Crippen molar-refractivity contribution in [2.24, 2.45) is 5.90 Å². The van der Waals surface area contributed by atoms with Gasteiger partial charge in [0.2, 0.25) is 0 Å². The molecule has 13 heavy (non-hydrogen) atoms. The molecule has 0 spiro atoms. The highest BCUT2D eigenvalue weighted by molar-refractivity contribution is 5.31. The van der Waals surface area contributed by atoms with E-state index in [0.29, 0.717) is 18.2 Å². The zero-order chi connectivity index (χ0) is 10.1. The van der Waals surface area contributed by atoms with Crippen LogP contribution in [0, 0.1) is 5.82 Å². The molecule has 0 saturated carbocycles. The fourth-order valence-corrected chi connectivity index (χ4v) is 0.770. The third kappa shape index (κ3) is 2.09. The smallest absolute Gasteiger partial charge is 0.408 e. The molecule has 0 aliphatic carbocycles. The molecule has 0 fully saturated rings. The molecule has 0 atom stereocenters. The Morgan fingerprint density at radius 1 is 1.23 bits per heavy atom. The van der Waals surface area contributed by atoms with E-state index in [4.69, 9.17) is 0 Å². The van der Waals surface area contributed by atoms with Gasteiger partial charge >= 0.3 is 6.18 Å².